The molecule has 14 heavy (non-hydrogen) atoms. The van der Waals surface area contributed by atoms with E-state index in [-0.39, 0.29) is 25.9 Å². The van der Waals surface area contributed by atoms with Crippen LogP contribution in [0.15, 0.2) is 0 Å². The second-order valence-electron chi connectivity index (χ2n) is 3.48. The van der Waals surface area contributed by atoms with Crippen molar-refractivity contribution in [1.82, 2.24) is 4.90 Å². The van der Waals surface area contributed by atoms with Crippen LogP contribution in [0.1, 0.15) is 19.8 Å². The van der Waals surface area contributed by atoms with Crippen molar-refractivity contribution in [1.29, 1.82) is 0 Å². The van der Waals surface area contributed by atoms with Gasteiger partial charge >= 0.3 is 6.09 Å². The molecule has 4 nitrogen and oxygen atoms in total. The Balaban J connectivity index is 2.54. The number of alkyl halides is 1. The molecule has 1 aliphatic heterocycles. The van der Waals surface area contributed by atoms with Gasteiger partial charge < -0.3 is 9.64 Å². The number of carbonyl (C=O) groups is 2. The van der Waals surface area contributed by atoms with Gasteiger partial charge in [0, 0.05) is 25.9 Å². The molecule has 1 fully saturated rings. The summed E-state index contributed by atoms with van der Waals surface area (Å²) >= 11 is 0. The van der Waals surface area contributed by atoms with Crippen LogP contribution in [0.3, 0.4) is 0 Å². The number of methoxy groups -OCH3 is 1. The highest BCUT2D eigenvalue weighted by molar-refractivity contribution is 5.85. The number of piperidine rings is 1. The van der Waals surface area contributed by atoms with Crippen molar-refractivity contribution in [3.05, 3.63) is 0 Å². The summed E-state index contributed by atoms with van der Waals surface area (Å²) in [7, 11) is 1.28. The average molecular weight is 203 g/mol. The minimum Gasteiger partial charge on any atom is -0.453 e. The first-order valence-corrected chi connectivity index (χ1v) is 4.52. The van der Waals surface area contributed by atoms with Gasteiger partial charge in [-0.1, -0.05) is 0 Å². The monoisotopic (exact) mass is 203 g/mol. The number of rotatable bonds is 1. The molecule has 0 unspecified atom stereocenters. The van der Waals surface area contributed by atoms with E-state index < -0.39 is 17.5 Å². The Hall–Kier alpha value is -1.13. The van der Waals surface area contributed by atoms with Gasteiger partial charge in [-0.25, -0.2) is 9.18 Å². The van der Waals surface area contributed by atoms with Crippen molar-refractivity contribution >= 4 is 11.9 Å². The normalized spacial score (nSPS) is 20.4. The summed E-state index contributed by atoms with van der Waals surface area (Å²) in [6.45, 7) is 1.72. The lowest BCUT2D eigenvalue weighted by Crippen LogP contribution is -2.47. The van der Waals surface area contributed by atoms with Crippen molar-refractivity contribution in [2.45, 2.75) is 25.4 Å². The zero-order valence-corrected chi connectivity index (χ0v) is 8.38. The van der Waals surface area contributed by atoms with Crippen LogP contribution in [0.5, 0.6) is 0 Å². The maximum absolute atomic E-state index is 13.7. The highest BCUT2D eigenvalue weighted by atomic mass is 19.1. The van der Waals surface area contributed by atoms with E-state index in [1.54, 1.807) is 0 Å². The van der Waals surface area contributed by atoms with Gasteiger partial charge in [-0.05, 0) is 6.92 Å². The van der Waals surface area contributed by atoms with E-state index >= 15 is 0 Å². The lowest BCUT2D eigenvalue weighted by Gasteiger charge is -2.33. The lowest BCUT2D eigenvalue weighted by atomic mass is 9.90. The van der Waals surface area contributed by atoms with E-state index in [4.69, 9.17) is 0 Å². The Morgan fingerprint density at radius 2 is 1.86 bits per heavy atom. The zero-order chi connectivity index (χ0) is 10.8. The first-order chi connectivity index (χ1) is 6.49. The van der Waals surface area contributed by atoms with Gasteiger partial charge in [0.1, 0.15) is 0 Å². The summed E-state index contributed by atoms with van der Waals surface area (Å²) in [6.07, 6.45) is -0.329. The van der Waals surface area contributed by atoms with Gasteiger partial charge in [0.15, 0.2) is 11.5 Å². The Morgan fingerprint density at radius 1 is 1.36 bits per heavy atom. The second kappa shape index (κ2) is 3.94. The molecule has 0 bridgehead atoms. The Bertz CT molecular complexity index is 246. The molecule has 1 saturated heterocycles. The summed E-state index contributed by atoms with van der Waals surface area (Å²) in [6, 6.07) is 0. The fourth-order valence-corrected chi connectivity index (χ4v) is 1.52. The van der Waals surface area contributed by atoms with Crippen LogP contribution >= 0.6 is 0 Å². The minimum absolute atomic E-state index is 0.0669. The highest BCUT2D eigenvalue weighted by Gasteiger charge is 2.40. The summed E-state index contributed by atoms with van der Waals surface area (Å²) < 4.78 is 18.2. The largest absolute Gasteiger partial charge is 0.453 e. The highest BCUT2D eigenvalue weighted by Crippen LogP contribution is 2.27. The maximum atomic E-state index is 13.7. The second-order valence-corrected chi connectivity index (χ2v) is 3.48. The molecule has 1 rings (SSSR count). The van der Waals surface area contributed by atoms with Crippen molar-refractivity contribution in [3.8, 4) is 0 Å². The smallest absolute Gasteiger partial charge is 0.409 e. The fraction of sp³-hybridized carbons (Fsp3) is 0.778. The molecule has 0 aromatic carbocycles. The van der Waals surface area contributed by atoms with Crippen molar-refractivity contribution in [2.75, 3.05) is 20.2 Å². The molecule has 1 aliphatic rings. The molecule has 0 radical (unpaired) electrons. The number of amides is 1. The van der Waals surface area contributed by atoms with Crippen LogP contribution in [-0.4, -0.2) is 42.6 Å². The molecule has 0 saturated carbocycles. The standard InChI is InChI=1S/C9H14FNO3/c1-7(12)9(10)3-5-11(6-4-9)8(13)14-2/h3-6H2,1-2H3. The van der Waals surface area contributed by atoms with Crippen molar-refractivity contribution in [2.24, 2.45) is 0 Å². The molecular weight excluding hydrogens is 189 g/mol. The number of halogens is 1. The van der Waals surface area contributed by atoms with Gasteiger partial charge in [0.2, 0.25) is 0 Å². The van der Waals surface area contributed by atoms with Crippen LogP contribution < -0.4 is 0 Å². The van der Waals surface area contributed by atoms with E-state index in [0.717, 1.165) is 0 Å². The number of hydrogen-bond donors (Lipinski definition) is 0. The molecule has 0 aromatic heterocycles. The molecule has 0 aromatic rings. The molecule has 1 amide bonds. The van der Waals surface area contributed by atoms with Gasteiger partial charge in [-0.15, -0.1) is 0 Å². The Morgan fingerprint density at radius 3 is 2.21 bits per heavy atom. The van der Waals surface area contributed by atoms with E-state index in [1.165, 1.54) is 18.9 Å². The first-order valence-electron chi connectivity index (χ1n) is 4.52. The first kappa shape index (κ1) is 10.9. The van der Waals surface area contributed by atoms with E-state index in [9.17, 15) is 14.0 Å². The number of ether oxygens (including phenoxy) is 1. The summed E-state index contributed by atoms with van der Waals surface area (Å²) in [4.78, 5) is 23.4. The summed E-state index contributed by atoms with van der Waals surface area (Å²) in [5.41, 5.74) is -1.75. The molecule has 0 N–H and O–H groups in total. The van der Waals surface area contributed by atoms with Crippen LogP contribution in [0, 0.1) is 0 Å². The van der Waals surface area contributed by atoms with Gasteiger partial charge in [0.25, 0.3) is 0 Å². The molecule has 0 atom stereocenters. The third kappa shape index (κ3) is 2.02. The molecule has 80 valence electrons. The molecular formula is C9H14FNO3. The van der Waals surface area contributed by atoms with Crippen LogP contribution in [-0.2, 0) is 9.53 Å². The van der Waals surface area contributed by atoms with Gasteiger partial charge in [0.05, 0.1) is 7.11 Å². The van der Waals surface area contributed by atoms with Gasteiger partial charge in [-0.3, -0.25) is 4.79 Å². The number of carbonyl (C=O) groups excluding carboxylic acids is 2. The summed E-state index contributed by atoms with van der Waals surface area (Å²) in [5, 5.41) is 0. The molecule has 0 aliphatic carbocycles. The van der Waals surface area contributed by atoms with E-state index in [2.05, 4.69) is 4.74 Å². The van der Waals surface area contributed by atoms with E-state index in [0.29, 0.717) is 0 Å². The lowest BCUT2D eigenvalue weighted by molar-refractivity contribution is -0.131. The number of hydrogen-bond acceptors (Lipinski definition) is 3. The minimum atomic E-state index is -1.75. The average Bonchev–Trinajstić information content (AvgIpc) is 2.17. The Kier molecular flexibility index (Phi) is 3.08. The number of nitrogens with zero attached hydrogens (tertiary/aromatic N) is 1. The molecule has 0 spiro atoms. The van der Waals surface area contributed by atoms with Crippen LogP contribution in [0.2, 0.25) is 0 Å². The SMILES string of the molecule is COC(=O)N1CCC(F)(C(C)=O)CC1. The third-order valence-corrected chi connectivity index (χ3v) is 2.62. The van der Waals surface area contributed by atoms with Gasteiger partial charge in [-0.2, -0.15) is 0 Å². The quantitative estimate of drug-likeness (QED) is 0.642. The number of Topliss-reactive ketones (excluding diaryl/α,β-unsaturated/α-hetero) is 1. The predicted molar refractivity (Wildman–Crippen MR) is 47.7 cm³/mol. The third-order valence-electron chi connectivity index (χ3n) is 2.62. The zero-order valence-electron chi connectivity index (χ0n) is 8.38. The maximum Gasteiger partial charge on any atom is 0.409 e. The van der Waals surface area contributed by atoms with Crippen molar-refractivity contribution in [3.63, 3.8) is 0 Å². The predicted octanol–water partition coefficient (Wildman–Crippen LogP) is 1.15. The Labute approximate surface area is 82.0 Å². The molecule has 1 heterocycles. The topological polar surface area (TPSA) is 46.6 Å². The van der Waals surface area contributed by atoms with Crippen LogP contribution in [0.4, 0.5) is 9.18 Å². The fourth-order valence-electron chi connectivity index (χ4n) is 1.52. The van der Waals surface area contributed by atoms with E-state index in [1.807, 2.05) is 0 Å². The molecule has 5 heteroatoms. The van der Waals surface area contributed by atoms with Crippen LogP contribution in [0.25, 0.3) is 0 Å². The summed E-state index contributed by atoms with van der Waals surface area (Å²) in [5.74, 6) is -0.456. The number of likely N-dealkylation sites (tertiary alicyclic amines) is 1. The van der Waals surface area contributed by atoms with Crippen molar-refractivity contribution < 1.29 is 18.7 Å². The number of ketones is 1.